The average Bonchev–Trinajstić information content (AvgIpc) is 2.33. The molecule has 0 aromatic heterocycles. The second-order valence-corrected chi connectivity index (χ2v) is 3.65. The number of rotatable bonds is 1. The zero-order chi connectivity index (χ0) is 11.5. The molecule has 0 unspecified atom stereocenters. The van der Waals surface area contributed by atoms with Crippen molar-refractivity contribution in [2.24, 2.45) is 0 Å². The number of benzene rings is 1. The van der Waals surface area contributed by atoms with E-state index in [1.54, 1.807) is 24.3 Å². The van der Waals surface area contributed by atoms with E-state index in [0.29, 0.717) is 30.6 Å². The van der Waals surface area contributed by atoms with Crippen molar-refractivity contribution in [3.63, 3.8) is 0 Å². The van der Waals surface area contributed by atoms with Gasteiger partial charge in [0.25, 0.3) is 5.91 Å². The second-order valence-electron chi connectivity index (χ2n) is 3.65. The van der Waals surface area contributed by atoms with Gasteiger partial charge >= 0.3 is 0 Å². The van der Waals surface area contributed by atoms with Gasteiger partial charge in [0.05, 0.1) is 11.6 Å². The third-order valence-corrected chi connectivity index (χ3v) is 2.56. The van der Waals surface area contributed by atoms with Crippen LogP contribution in [0.15, 0.2) is 24.3 Å². The van der Waals surface area contributed by atoms with Gasteiger partial charge in [0.15, 0.2) is 0 Å². The zero-order valence-corrected chi connectivity index (χ0v) is 8.64. The van der Waals surface area contributed by atoms with Crippen LogP contribution >= 0.6 is 0 Å². The molecule has 1 aliphatic rings. The highest BCUT2D eigenvalue weighted by Gasteiger charge is 2.27. The molecular formula is C12H10N2O2. The highest BCUT2D eigenvalue weighted by atomic mass is 16.2. The van der Waals surface area contributed by atoms with Crippen molar-refractivity contribution in [1.29, 1.82) is 5.26 Å². The summed E-state index contributed by atoms with van der Waals surface area (Å²) in [5.41, 5.74) is 1.11. The molecular weight excluding hydrogens is 204 g/mol. The minimum absolute atomic E-state index is 0.327. The number of nitriles is 1. The Hall–Kier alpha value is -2.15. The van der Waals surface area contributed by atoms with Gasteiger partial charge in [-0.2, -0.15) is 5.26 Å². The molecule has 0 radical (unpaired) electrons. The summed E-state index contributed by atoms with van der Waals surface area (Å²) in [5.74, 6) is -0.824. The summed E-state index contributed by atoms with van der Waals surface area (Å²) < 4.78 is 0. The minimum atomic E-state index is -0.471. The molecule has 4 heteroatoms. The average molecular weight is 214 g/mol. The van der Waals surface area contributed by atoms with Crippen LogP contribution in [0.3, 0.4) is 0 Å². The summed E-state index contributed by atoms with van der Waals surface area (Å²) in [6, 6.07) is 8.74. The molecule has 80 valence electrons. The van der Waals surface area contributed by atoms with Crippen LogP contribution < -0.4 is 4.90 Å². The van der Waals surface area contributed by atoms with Crippen LogP contribution in [-0.4, -0.2) is 18.2 Å². The maximum absolute atomic E-state index is 11.6. The Morgan fingerprint density at radius 2 is 2.12 bits per heavy atom. The predicted octanol–water partition coefficient (Wildman–Crippen LogP) is 1.25. The number of Topliss-reactive ketones (excluding diaryl/α,β-unsaturated/α-hetero) is 1. The minimum Gasteiger partial charge on any atom is -0.306 e. The van der Waals surface area contributed by atoms with E-state index in [4.69, 9.17) is 5.26 Å². The fraction of sp³-hybridized carbons (Fsp3) is 0.250. The predicted molar refractivity (Wildman–Crippen MR) is 57.8 cm³/mol. The van der Waals surface area contributed by atoms with Gasteiger partial charge in [0.1, 0.15) is 0 Å². The number of amides is 1. The number of nitrogens with zero attached hydrogens (tertiary/aromatic N) is 2. The molecule has 0 spiro atoms. The van der Waals surface area contributed by atoms with Crippen LogP contribution in [0.5, 0.6) is 0 Å². The highest BCUT2D eigenvalue weighted by molar-refractivity contribution is 6.41. The summed E-state index contributed by atoms with van der Waals surface area (Å²) in [6.07, 6.45) is 1.01. The first-order valence-electron chi connectivity index (χ1n) is 5.07. The third kappa shape index (κ3) is 1.80. The van der Waals surface area contributed by atoms with Crippen LogP contribution in [0.4, 0.5) is 5.69 Å². The van der Waals surface area contributed by atoms with Crippen molar-refractivity contribution < 1.29 is 9.59 Å². The quantitative estimate of drug-likeness (QED) is 0.661. The summed E-state index contributed by atoms with van der Waals surface area (Å²) in [5, 5.41) is 8.76. The lowest BCUT2D eigenvalue weighted by atomic mass is 10.1. The molecule has 1 aliphatic heterocycles. The standard InChI is InChI=1S/C12H10N2O2/c13-8-9-3-1-4-10(7-9)14-6-2-5-11(15)12(14)16/h1,3-4,7H,2,5-6H2. The molecule has 1 aromatic carbocycles. The van der Waals surface area contributed by atoms with E-state index in [9.17, 15) is 9.59 Å². The van der Waals surface area contributed by atoms with Gasteiger partial charge in [-0.3, -0.25) is 9.59 Å². The van der Waals surface area contributed by atoms with Gasteiger partial charge in [-0.15, -0.1) is 0 Å². The van der Waals surface area contributed by atoms with Gasteiger partial charge in [-0.05, 0) is 24.6 Å². The SMILES string of the molecule is N#Cc1cccc(N2CCCC(=O)C2=O)c1. The van der Waals surface area contributed by atoms with Gasteiger partial charge in [0, 0.05) is 18.7 Å². The normalized spacial score (nSPS) is 16.1. The number of hydrogen-bond acceptors (Lipinski definition) is 3. The van der Waals surface area contributed by atoms with Crippen molar-refractivity contribution in [2.45, 2.75) is 12.8 Å². The van der Waals surface area contributed by atoms with Crippen molar-refractivity contribution in [2.75, 3.05) is 11.4 Å². The zero-order valence-electron chi connectivity index (χ0n) is 8.64. The molecule has 2 rings (SSSR count). The van der Waals surface area contributed by atoms with Gasteiger partial charge in [0.2, 0.25) is 5.78 Å². The lowest BCUT2D eigenvalue weighted by molar-refractivity contribution is -0.137. The summed E-state index contributed by atoms with van der Waals surface area (Å²) >= 11 is 0. The van der Waals surface area contributed by atoms with Gasteiger partial charge < -0.3 is 4.90 Å². The summed E-state index contributed by atoms with van der Waals surface area (Å²) in [6.45, 7) is 0.541. The molecule has 1 saturated heterocycles. The third-order valence-electron chi connectivity index (χ3n) is 2.56. The molecule has 0 aliphatic carbocycles. The number of piperidine rings is 1. The lowest BCUT2D eigenvalue weighted by Gasteiger charge is -2.25. The van der Waals surface area contributed by atoms with Gasteiger partial charge in [-0.1, -0.05) is 6.07 Å². The molecule has 1 amide bonds. The van der Waals surface area contributed by atoms with E-state index in [2.05, 4.69) is 0 Å². The maximum Gasteiger partial charge on any atom is 0.294 e. The monoisotopic (exact) mass is 214 g/mol. The Bertz CT molecular complexity index is 488. The summed E-state index contributed by atoms with van der Waals surface area (Å²) in [7, 11) is 0. The Kier molecular flexibility index (Phi) is 2.69. The highest BCUT2D eigenvalue weighted by Crippen LogP contribution is 2.20. The van der Waals surface area contributed by atoms with E-state index in [1.165, 1.54) is 4.90 Å². The number of ketones is 1. The van der Waals surface area contributed by atoms with E-state index >= 15 is 0 Å². The molecule has 0 atom stereocenters. The van der Waals surface area contributed by atoms with Crippen molar-refractivity contribution in [3.05, 3.63) is 29.8 Å². The van der Waals surface area contributed by atoms with Crippen LogP contribution in [0.2, 0.25) is 0 Å². The maximum atomic E-state index is 11.6. The molecule has 4 nitrogen and oxygen atoms in total. The fourth-order valence-corrected chi connectivity index (χ4v) is 1.75. The van der Waals surface area contributed by atoms with Crippen molar-refractivity contribution >= 4 is 17.4 Å². The fourth-order valence-electron chi connectivity index (χ4n) is 1.75. The van der Waals surface area contributed by atoms with Crippen LogP contribution in [0, 0.1) is 11.3 Å². The number of carbonyl (C=O) groups is 2. The molecule has 16 heavy (non-hydrogen) atoms. The molecule has 0 bridgehead atoms. The first-order valence-corrected chi connectivity index (χ1v) is 5.07. The first-order chi connectivity index (χ1) is 7.72. The topological polar surface area (TPSA) is 61.2 Å². The Labute approximate surface area is 93.1 Å². The van der Waals surface area contributed by atoms with Crippen LogP contribution in [0.1, 0.15) is 18.4 Å². The number of anilines is 1. The Balaban J connectivity index is 2.33. The molecule has 1 fully saturated rings. The van der Waals surface area contributed by atoms with E-state index in [-0.39, 0.29) is 5.78 Å². The Morgan fingerprint density at radius 3 is 2.88 bits per heavy atom. The number of hydrogen-bond donors (Lipinski definition) is 0. The van der Waals surface area contributed by atoms with E-state index in [1.807, 2.05) is 6.07 Å². The molecule has 1 aromatic rings. The largest absolute Gasteiger partial charge is 0.306 e. The molecule has 0 saturated carbocycles. The first kappa shape index (κ1) is 10.4. The van der Waals surface area contributed by atoms with Crippen LogP contribution in [-0.2, 0) is 9.59 Å². The Morgan fingerprint density at radius 1 is 1.31 bits per heavy atom. The molecule has 1 heterocycles. The van der Waals surface area contributed by atoms with Crippen molar-refractivity contribution in [3.8, 4) is 6.07 Å². The smallest absolute Gasteiger partial charge is 0.294 e. The molecule has 0 N–H and O–H groups in total. The number of carbonyl (C=O) groups excluding carboxylic acids is 2. The van der Waals surface area contributed by atoms with E-state index in [0.717, 1.165) is 0 Å². The summed E-state index contributed by atoms with van der Waals surface area (Å²) in [4.78, 5) is 24.3. The van der Waals surface area contributed by atoms with E-state index < -0.39 is 5.91 Å². The van der Waals surface area contributed by atoms with Crippen molar-refractivity contribution in [1.82, 2.24) is 0 Å². The van der Waals surface area contributed by atoms with Gasteiger partial charge in [-0.25, -0.2) is 0 Å². The lowest BCUT2D eigenvalue weighted by Crippen LogP contribution is -2.41. The van der Waals surface area contributed by atoms with Crippen LogP contribution in [0.25, 0.3) is 0 Å². The second kappa shape index (κ2) is 4.15.